The molecule has 1 aromatic rings. The predicted molar refractivity (Wildman–Crippen MR) is 60.8 cm³/mol. The summed E-state index contributed by atoms with van der Waals surface area (Å²) in [7, 11) is 1.91. The molecule has 1 aliphatic heterocycles. The summed E-state index contributed by atoms with van der Waals surface area (Å²) in [5.41, 5.74) is 0.994. The molecule has 1 fully saturated rings. The van der Waals surface area contributed by atoms with Gasteiger partial charge in [-0.3, -0.25) is 0 Å². The topological polar surface area (TPSA) is 41.0 Å². The Hall–Kier alpha value is -1.16. The predicted octanol–water partition coefficient (Wildman–Crippen LogP) is 1.04. The number of hydrogen-bond donors (Lipinski definition) is 1. The standard InChI is InChI=1S/C11H18N4/c1-9-5-6-15(8-9)11-4-3-10(7-12-2)13-14-11/h3-4,9,12H,5-8H2,1-2H3. The lowest BCUT2D eigenvalue weighted by Crippen LogP contribution is -2.21. The minimum absolute atomic E-state index is 0.781. The summed E-state index contributed by atoms with van der Waals surface area (Å²) in [6, 6.07) is 4.11. The quantitative estimate of drug-likeness (QED) is 0.802. The molecule has 1 aromatic heterocycles. The van der Waals surface area contributed by atoms with Crippen LogP contribution < -0.4 is 10.2 Å². The first-order valence-corrected chi connectivity index (χ1v) is 5.51. The zero-order valence-electron chi connectivity index (χ0n) is 9.40. The van der Waals surface area contributed by atoms with Gasteiger partial charge < -0.3 is 10.2 Å². The van der Waals surface area contributed by atoms with Crippen LogP contribution in [0.1, 0.15) is 19.0 Å². The minimum atomic E-state index is 0.781. The highest BCUT2D eigenvalue weighted by Gasteiger charge is 2.19. The molecule has 1 N–H and O–H groups in total. The van der Waals surface area contributed by atoms with Crippen LogP contribution in [0.4, 0.5) is 5.82 Å². The van der Waals surface area contributed by atoms with E-state index in [0.717, 1.165) is 37.1 Å². The van der Waals surface area contributed by atoms with E-state index in [-0.39, 0.29) is 0 Å². The smallest absolute Gasteiger partial charge is 0.151 e. The fourth-order valence-electron chi connectivity index (χ4n) is 1.94. The molecule has 0 amide bonds. The van der Waals surface area contributed by atoms with E-state index in [4.69, 9.17) is 0 Å². The van der Waals surface area contributed by atoms with E-state index in [9.17, 15) is 0 Å². The van der Waals surface area contributed by atoms with Crippen LogP contribution >= 0.6 is 0 Å². The van der Waals surface area contributed by atoms with Crippen molar-refractivity contribution in [3.05, 3.63) is 17.8 Å². The molecule has 4 nitrogen and oxygen atoms in total. The number of nitrogens with zero attached hydrogens (tertiary/aromatic N) is 3. The maximum Gasteiger partial charge on any atom is 0.151 e. The third-order valence-electron chi connectivity index (χ3n) is 2.81. The molecule has 4 heteroatoms. The second-order valence-corrected chi connectivity index (χ2v) is 4.25. The van der Waals surface area contributed by atoms with Crippen LogP contribution in [0.3, 0.4) is 0 Å². The summed E-state index contributed by atoms with van der Waals surface area (Å²) in [4.78, 5) is 2.31. The first-order valence-electron chi connectivity index (χ1n) is 5.51. The molecule has 1 saturated heterocycles. The summed E-state index contributed by atoms with van der Waals surface area (Å²) in [6.45, 7) is 5.29. The van der Waals surface area contributed by atoms with Gasteiger partial charge in [-0.2, -0.15) is 5.10 Å². The molecule has 1 aliphatic rings. The molecule has 0 saturated carbocycles. The summed E-state index contributed by atoms with van der Waals surface area (Å²) < 4.78 is 0. The van der Waals surface area contributed by atoms with Crippen LogP contribution in [-0.4, -0.2) is 30.3 Å². The van der Waals surface area contributed by atoms with E-state index in [1.54, 1.807) is 0 Å². The van der Waals surface area contributed by atoms with E-state index >= 15 is 0 Å². The van der Waals surface area contributed by atoms with Gasteiger partial charge in [-0.25, -0.2) is 0 Å². The van der Waals surface area contributed by atoms with Gasteiger partial charge in [0.2, 0.25) is 0 Å². The molecule has 0 aromatic carbocycles. The number of hydrogen-bond acceptors (Lipinski definition) is 4. The van der Waals surface area contributed by atoms with E-state index < -0.39 is 0 Å². The van der Waals surface area contributed by atoms with Crippen LogP contribution in [0, 0.1) is 5.92 Å². The van der Waals surface area contributed by atoms with Gasteiger partial charge in [0.25, 0.3) is 0 Å². The zero-order chi connectivity index (χ0) is 10.7. The van der Waals surface area contributed by atoms with Gasteiger partial charge in [0, 0.05) is 19.6 Å². The zero-order valence-corrected chi connectivity index (χ0v) is 9.40. The lowest BCUT2D eigenvalue weighted by Gasteiger charge is -2.15. The molecule has 0 spiro atoms. The van der Waals surface area contributed by atoms with Crippen molar-refractivity contribution < 1.29 is 0 Å². The van der Waals surface area contributed by atoms with Crippen molar-refractivity contribution >= 4 is 5.82 Å². The van der Waals surface area contributed by atoms with Crippen molar-refractivity contribution in [1.29, 1.82) is 0 Å². The van der Waals surface area contributed by atoms with Crippen molar-refractivity contribution in [2.45, 2.75) is 19.9 Å². The molecule has 0 aliphatic carbocycles. The van der Waals surface area contributed by atoms with Crippen molar-refractivity contribution in [1.82, 2.24) is 15.5 Å². The second kappa shape index (κ2) is 4.57. The minimum Gasteiger partial charge on any atom is -0.355 e. The van der Waals surface area contributed by atoms with Crippen LogP contribution in [-0.2, 0) is 6.54 Å². The first-order chi connectivity index (χ1) is 7.29. The van der Waals surface area contributed by atoms with Crippen LogP contribution in [0.5, 0.6) is 0 Å². The molecule has 2 heterocycles. The third-order valence-corrected chi connectivity index (χ3v) is 2.81. The Kier molecular flexibility index (Phi) is 3.16. The fraction of sp³-hybridized carbons (Fsp3) is 0.636. The van der Waals surface area contributed by atoms with Crippen molar-refractivity contribution in [3.63, 3.8) is 0 Å². The van der Waals surface area contributed by atoms with Gasteiger partial charge in [0.05, 0.1) is 5.69 Å². The lowest BCUT2D eigenvalue weighted by atomic mass is 10.2. The van der Waals surface area contributed by atoms with Gasteiger partial charge in [-0.05, 0) is 31.5 Å². The molecule has 0 bridgehead atoms. The van der Waals surface area contributed by atoms with Crippen molar-refractivity contribution in [3.8, 4) is 0 Å². The van der Waals surface area contributed by atoms with Crippen LogP contribution in [0.15, 0.2) is 12.1 Å². The SMILES string of the molecule is CNCc1ccc(N2CCC(C)C2)nn1. The number of aromatic nitrogens is 2. The maximum absolute atomic E-state index is 4.25. The van der Waals surface area contributed by atoms with Gasteiger partial charge in [0.15, 0.2) is 5.82 Å². The lowest BCUT2D eigenvalue weighted by molar-refractivity contribution is 0.658. The summed E-state index contributed by atoms with van der Waals surface area (Å²) in [5, 5.41) is 11.5. The Labute approximate surface area is 90.7 Å². The Morgan fingerprint density at radius 1 is 1.47 bits per heavy atom. The molecule has 82 valence electrons. The Bertz CT molecular complexity index is 309. The molecule has 0 radical (unpaired) electrons. The summed E-state index contributed by atoms with van der Waals surface area (Å²) in [5.74, 6) is 1.79. The van der Waals surface area contributed by atoms with Crippen LogP contribution in [0.2, 0.25) is 0 Å². The maximum atomic E-state index is 4.25. The Balaban J connectivity index is 2.03. The molecule has 1 unspecified atom stereocenters. The second-order valence-electron chi connectivity index (χ2n) is 4.25. The van der Waals surface area contributed by atoms with E-state index in [0.29, 0.717) is 0 Å². The van der Waals surface area contributed by atoms with Gasteiger partial charge in [-0.1, -0.05) is 6.92 Å². The Morgan fingerprint density at radius 3 is 2.87 bits per heavy atom. The molecule has 15 heavy (non-hydrogen) atoms. The van der Waals surface area contributed by atoms with E-state index in [1.165, 1.54) is 6.42 Å². The molecular weight excluding hydrogens is 188 g/mol. The largest absolute Gasteiger partial charge is 0.355 e. The Morgan fingerprint density at radius 2 is 2.33 bits per heavy atom. The average Bonchev–Trinajstić information content (AvgIpc) is 2.67. The molecular formula is C11H18N4. The van der Waals surface area contributed by atoms with Gasteiger partial charge >= 0.3 is 0 Å². The highest BCUT2D eigenvalue weighted by molar-refractivity contribution is 5.38. The highest BCUT2D eigenvalue weighted by atomic mass is 15.3. The highest BCUT2D eigenvalue weighted by Crippen LogP contribution is 2.20. The monoisotopic (exact) mass is 206 g/mol. The first kappa shape index (κ1) is 10.4. The molecule has 2 rings (SSSR count). The number of anilines is 1. The summed E-state index contributed by atoms with van der Waals surface area (Å²) in [6.07, 6.45) is 1.26. The normalized spacial score (nSPS) is 20.9. The number of nitrogens with one attached hydrogen (secondary N) is 1. The van der Waals surface area contributed by atoms with E-state index in [2.05, 4.69) is 33.4 Å². The number of rotatable bonds is 3. The van der Waals surface area contributed by atoms with E-state index in [1.807, 2.05) is 13.1 Å². The average molecular weight is 206 g/mol. The van der Waals surface area contributed by atoms with Crippen molar-refractivity contribution in [2.75, 3.05) is 25.0 Å². The molecule has 1 atom stereocenters. The van der Waals surface area contributed by atoms with Gasteiger partial charge in [-0.15, -0.1) is 5.10 Å². The van der Waals surface area contributed by atoms with Crippen LogP contribution in [0.25, 0.3) is 0 Å². The van der Waals surface area contributed by atoms with Crippen molar-refractivity contribution in [2.24, 2.45) is 5.92 Å². The fourth-order valence-corrected chi connectivity index (χ4v) is 1.94. The van der Waals surface area contributed by atoms with Gasteiger partial charge in [0.1, 0.15) is 0 Å². The summed E-state index contributed by atoms with van der Waals surface area (Å²) >= 11 is 0. The third kappa shape index (κ3) is 2.45.